The summed E-state index contributed by atoms with van der Waals surface area (Å²) in [4.78, 5) is 27.7. The summed E-state index contributed by atoms with van der Waals surface area (Å²) in [6, 6.07) is 11.8. The smallest absolute Gasteiger partial charge is 0.256 e. The maximum atomic E-state index is 12.8. The van der Waals surface area contributed by atoms with Gasteiger partial charge in [-0.1, -0.05) is 44.4 Å². The van der Waals surface area contributed by atoms with Crippen molar-refractivity contribution in [1.29, 1.82) is 0 Å². The van der Waals surface area contributed by atoms with Crippen molar-refractivity contribution in [1.82, 2.24) is 20.4 Å². The van der Waals surface area contributed by atoms with Gasteiger partial charge in [0.1, 0.15) is 0 Å². The maximum absolute atomic E-state index is 12.8. The fourth-order valence-electron chi connectivity index (χ4n) is 4.88. The van der Waals surface area contributed by atoms with Gasteiger partial charge in [-0.15, -0.1) is 0 Å². The van der Waals surface area contributed by atoms with Crippen molar-refractivity contribution in [3.8, 4) is 11.5 Å². The average molecular weight is 477 g/mol. The zero-order chi connectivity index (χ0) is 24.2. The van der Waals surface area contributed by atoms with Crippen LogP contribution in [0, 0.1) is 0 Å². The molecular weight excluding hydrogens is 444 g/mol. The molecule has 0 fully saturated rings. The Labute approximate surface area is 203 Å². The fraction of sp³-hybridized carbons (Fsp3) is 0.407. The van der Waals surface area contributed by atoms with E-state index in [-0.39, 0.29) is 18.3 Å². The minimum absolute atomic E-state index is 0.0586. The van der Waals surface area contributed by atoms with Gasteiger partial charge in [0, 0.05) is 41.7 Å². The number of aryl methyl sites for hydroxylation is 1. The number of fused-ring (bicyclic) bond motifs is 6. The summed E-state index contributed by atoms with van der Waals surface area (Å²) in [5.74, 6) is 1.50. The molecule has 8 nitrogen and oxygen atoms in total. The first-order valence-corrected chi connectivity index (χ1v) is 12.6. The van der Waals surface area contributed by atoms with Crippen LogP contribution in [0.5, 0.6) is 11.5 Å². The van der Waals surface area contributed by atoms with Crippen LogP contribution in [-0.4, -0.2) is 28.8 Å². The van der Waals surface area contributed by atoms with Gasteiger partial charge in [-0.25, -0.2) is 5.43 Å². The van der Waals surface area contributed by atoms with Crippen LogP contribution in [0.1, 0.15) is 51.9 Å². The zero-order valence-corrected chi connectivity index (χ0v) is 20.1. The maximum Gasteiger partial charge on any atom is 0.256 e. The van der Waals surface area contributed by atoms with Crippen LogP contribution in [0.2, 0.25) is 0 Å². The molecule has 1 aliphatic rings. The topological polar surface area (TPSA) is 97.4 Å². The molecule has 184 valence electrons. The Morgan fingerprint density at radius 3 is 2.57 bits per heavy atom. The van der Waals surface area contributed by atoms with Gasteiger partial charge in [0.05, 0.1) is 16.6 Å². The van der Waals surface area contributed by atoms with E-state index < -0.39 is 0 Å². The fourth-order valence-corrected chi connectivity index (χ4v) is 4.88. The number of amides is 1. The van der Waals surface area contributed by atoms with Crippen molar-refractivity contribution < 1.29 is 14.3 Å². The SMILES string of the molecule is CCCNNC(=O)CCCCCCCn1c2cc3c(cc2c2[nH]c(=O)c4ccccc4c21)OCO3. The van der Waals surface area contributed by atoms with Crippen LogP contribution >= 0.6 is 0 Å². The number of pyridine rings is 1. The van der Waals surface area contributed by atoms with Gasteiger partial charge in [0.2, 0.25) is 12.7 Å². The highest BCUT2D eigenvalue weighted by molar-refractivity contribution is 6.16. The molecule has 1 aliphatic heterocycles. The summed E-state index contributed by atoms with van der Waals surface area (Å²) >= 11 is 0. The van der Waals surface area contributed by atoms with Crippen LogP contribution < -0.4 is 25.9 Å². The second-order valence-corrected chi connectivity index (χ2v) is 9.09. The Bertz CT molecular complexity index is 1420. The number of hydrogen-bond donors (Lipinski definition) is 3. The molecule has 0 radical (unpaired) electrons. The normalized spacial score (nSPS) is 12.7. The highest BCUT2D eigenvalue weighted by Gasteiger charge is 2.21. The molecule has 8 heteroatoms. The van der Waals surface area contributed by atoms with E-state index in [1.54, 1.807) is 0 Å². The summed E-state index contributed by atoms with van der Waals surface area (Å²) in [5.41, 5.74) is 8.49. The number of aromatic amines is 1. The van der Waals surface area contributed by atoms with E-state index in [2.05, 4.69) is 27.3 Å². The highest BCUT2D eigenvalue weighted by atomic mass is 16.7. The summed E-state index contributed by atoms with van der Waals surface area (Å²) in [5, 5.41) is 2.61. The van der Waals surface area contributed by atoms with Crippen molar-refractivity contribution in [2.75, 3.05) is 13.3 Å². The van der Waals surface area contributed by atoms with Gasteiger partial charge in [-0.05, 0) is 31.4 Å². The number of carbonyl (C=O) groups excluding carboxylic acids is 1. The predicted molar refractivity (Wildman–Crippen MR) is 138 cm³/mol. The first-order valence-electron chi connectivity index (χ1n) is 12.6. The van der Waals surface area contributed by atoms with Gasteiger partial charge in [-0.2, -0.15) is 0 Å². The van der Waals surface area contributed by atoms with Crippen molar-refractivity contribution in [2.24, 2.45) is 0 Å². The number of ether oxygens (including phenoxy) is 2. The Kier molecular flexibility index (Phi) is 6.90. The predicted octanol–water partition coefficient (Wildman–Crippen LogP) is 4.74. The standard InChI is InChI=1S/C27H32N4O4/c1-2-13-28-30-24(32)12-6-4-3-5-9-14-31-21-16-23-22(34-17-35-23)15-20(21)25-26(31)18-10-7-8-11-19(18)27(33)29-25/h7-8,10-11,15-16,28H,2-6,9,12-14,17H2,1H3,(H,29,33)(H,30,32). The molecule has 0 unspecified atom stereocenters. The molecule has 0 spiro atoms. The van der Waals surface area contributed by atoms with Crippen LogP contribution in [0.15, 0.2) is 41.2 Å². The van der Waals surface area contributed by atoms with Gasteiger partial charge < -0.3 is 19.0 Å². The minimum atomic E-state index is -0.0845. The number of hydrazine groups is 1. The van der Waals surface area contributed by atoms with E-state index in [1.807, 2.05) is 36.4 Å². The second-order valence-electron chi connectivity index (χ2n) is 9.09. The van der Waals surface area contributed by atoms with E-state index in [1.165, 1.54) is 0 Å². The summed E-state index contributed by atoms with van der Waals surface area (Å²) in [6.45, 7) is 3.90. The lowest BCUT2D eigenvalue weighted by Gasteiger charge is -2.10. The van der Waals surface area contributed by atoms with E-state index in [9.17, 15) is 9.59 Å². The first-order chi connectivity index (χ1) is 17.2. The monoisotopic (exact) mass is 476 g/mol. The molecule has 0 atom stereocenters. The first kappa shape index (κ1) is 23.2. The lowest BCUT2D eigenvalue weighted by molar-refractivity contribution is -0.122. The molecule has 2 aromatic carbocycles. The minimum Gasteiger partial charge on any atom is -0.454 e. The number of aromatic nitrogens is 2. The number of nitrogens with zero attached hydrogens (tertiary/aromatic N) is 1. The quantitative estimate of drug-likeness (QED) is 0.215. The molecule has 5 rings (SSSR count). The van der Waals surface area contributed by atoms with E-state index in [0.717, 1.165) is 84.7 Å². The summed E-state index contributed by atoms with van der Waals surface area (Å²) in [7, 11) is 0. The Morgan fingerprint density at radius 1 is 1.00 bits per heavy atom. The van der Waals surface area contributed by atoms with E-state index in [4.69, 9.17) is 9.47 Å². The average Bonchev–Trinajstić information content (AvgIpc) is 3.44. The van der Waals surface area contributed by atoms with Crippen molar-refractivity contribution in [3.63, 3.8) is 0 Å². The molecule has 0 saturated heterocycles. The lowest BCUT2D eigenvalue weighted by atomic mass is 10.1. The van der Waals surface area contributed by atoms with Crippen LogP contribution in [0.25, 0.3) is 32.7 Å². The van der Waals surface area contributed by atoms with Crippen molar-refractivity contribution >= 4 is 38.6 Å². The molecule has 3 N–H and O–H groups in total. The molecule has 2 aromatic heterocycles. The molecule has 0 aliphatic carbocycles. The van der Waals surface area contributed by atoms with E-state index in [0.29, 0.717) is 17.6 Å². The molecule has 35 heavy (non-hydrogen) atoms. The number of hydrogen-bond acceptors (Lipinski definition) is 5. The molecule has 1 amide bonds. The Morgan fingerprint density at radius 2 is 1.74 bits per heavy atom. The second kappa shape index (κ2) is 10.4. The van der Waals surface area contributed by atoms with Crippen LogP contribution in [0.3, 0.4) is 0 Å². The molecule has 3 heterocycles. The Balaban J connectivity index is 1.32. The van der Waals surface area contributed by atoms with E-state index >= 15 is 0 Å². The third-order valence-corrected chi connectivity index (χ3v) is 6.61. The summed E-state index contributed by atoms with van der Waals surface area (Å²) in [6.07, 6.45) is 6.62. The third-order valence-electron chi connectivity index (χ3n) is 6.61. The van der Waals surface area contributed by atoms with Gasteiger partial charge in [0.15, 0.2) is 11.5 Å². The molecular formula is C27H32N4O4. The summed E-state index contributed by atoms with van der Waals surface area (Å²) < 4.78 is 13.6. The lowest BCUT2D eigenvalue weighted by Crippen LogP contribution is -2.37. The van der Waals surface area contributed by atoms with Gasteiger partial charge in [-0.3, -0.25) is 15.0 Å². The van der Waals surface area contributed by atoms with Crippen molar-refractivity contribution in [2.45, 2.75) is 58.4 Å². The van der Waals surface area contributed by atoms with Gasteiger partial charge in [0.25, 0.3) is 5.56 Å². The number of rotatable bonds is 11. The largest absolute Gasteiger partial charge is 0.454 e. The zero-order valence-electron chi connectivity index (χ0n) is 20.1. The number of carbonyl (C=O) groups is 1. The van der Waals surface area contributed by atoms with Gasteiger partial charge >= 0.3 is 0 Å². The number of benzene rings is 2. The number of H-pyrrole nitrogens is 1. The number of nitrogens with one attached hydrogen (secondary N) is 3. The molecule has 0 saturated carbocycles. The van der Waals surface area contributed by atoms with Crippen LogP contribution in [0.4, 0.5) is 0 Å². The Hall–Kier alpha value is -3.52. The van der Waals surface area contributed by atoms with Crippen molar-refractivity contribution in [3.05, 3.63) is 46.8 Å². The highest BCUT2D eigenvalue weighted by Crippen LogP contribution is 2.40. The van der Waals surface area contributed by atoms with Crippen LogP contribution in [-0.2, 0) is 11.3 Å². The third kappa shape index (κ3) is 4.71. The molecule has 4 aromatic rings. The number of unbranched alkanes of at least 4 members (excludes halogenated alkanes) is 4. The molecule has 0 bridgehead atoms.